The van der Waals surface area contributed by atoms with Crippen LogP contribution in [0.1, 0.15) is 5.69 Å². The van der Waals surface area contributed by atoms with E-state index in [0.717, 1.165) is 11.4 Å². The van der Waals surface area contributed by atoms with Crippen LogP contribution in [-0.4, -0.2) is 19.3 Å². The van der Waals surface area contributed by atoms with Gasteiger partial charge in [-0.25, -0.2) is 9.67 Å². The molecule has 0 radical (unpaired) electrons. The molecule has 0 amide bonds. The third-order valence-electron chi connectivity index (χ3n) is 2.77. The molecule has 2 heterocycles. The van der Waals surface area contributed by atoms with Crippen molar-refractivity contribution in [2.75, 3.05) is 0 Å². The third kappa shape index (κ3) is 2.46. The Morgan fingerprint density at radius 2 is 2.05 bits per heavy atom. The van der Waals surface area contributed by atoms with E-state index in [4.69, 9.17) is 11.6 Å². The first-order valence-corrected chi connectivity index (χ1v) is 6.13. The number of hydrogen-bond donors (Lipinski definition) is 1. The van der Waals surface area contributed by atoms with Crippen LogP contribution in [0.3, 0.4) is 0 Å². The Labute approximate surface area is 114 Å². The van der Waals surface area contributed by atoms with Crippen LogP contribution < -0.4 is 5.56 Å². The Morgan fingerprint density at radius 3 is 2.74 bits per heavy atom. The predicted molar refractivity (Wildman–Crippen MR) is 72.7 cm³/mol. The monoisotopic (exact) mass is 274 g/mol. The highest BCUT2D eigenvalue weighted by atomic mass is 35.5. The highest BCUT2D eigenvalue weighted by Crippen LogP contribution is 2.11. The summed E-state index contributed by atoms with van der Waals surface area (Å²) in [5.41, 5.74) is 1.47. The van der Waals surface area contributed by atoms with E-state index in [9.17, 15) is 4.79 Å². The lowest BCUT2D eigenvalue weighted by atomic mass is 10.3. The fraction of sp³-hybridized carbons (Fsp3) is 0.0769. The Morgan fingerprint density at radius 1 is 1.26 bits per heavy atom. The summed E-state index contributed by atoms with van der Waals surface area (Å²) < 4.78 is 3.38. The average molecular weight is 275 g/mol. The van der Waals surface area contributed by atoms with Crippen LogP contribution in [0.2, 0.25) is 5.02 Å². The van der Waals surface area contributed by atoms with Crippen molar-refractivity contribution in [3.05, 3.63) is 70.1 Å². The van der Waals surface area contributed by atoms with Crippen molar-refractivity contribution in [1.82, 2.24) is 19.3 Å². The largest absolute Gasteiger partial charge is 0.332 e. The number of halogens is 1. The van der Waals surface area contributed by atoms with Crippen molar-refractivity contribution < 1.29 is 0 Å². The van der Waals surface area contributed by atoms with Gasteiger partial charge >= 0.3 is 0 Å². The van der Waals surface area contributed by atoms with Gasteiger partial charge in [-0.15, -0.1) is 0 Å². The van der Waals surface area contributed by atoms with E-state index in [2.05, 4.69) is 10.1 Å². The number of nitrogens with one attached hydrogen (secondary N) is 1. The minimum atomic E-state index is -0.0996. The van der Waals surface area contributed by atoms with Crippen LogP contribution in [0.25, 0.3) is 5.69 Å². The maximum Gasteiger partial charge on any atom is 0.271 e. The molecular weight excluding hydrogens is 264 g/mol. The molecule has 0 bridgehead atoms. The second-order valence-corrected chi connectivity index (χ2v) is 4.60. The first-order chi connectivity index (χ1) is 9.22. The topological polar surface area (TPSA) is 55.6 Å². The smallest absolute Gasteiger partial charge is 0.271 e. The summed E-state index contributed by atoms with van der Waals surface area (Å²) in [6.07, 6.45) is 5.25. The molecule has 1 aromatic carbocycles. The predicted octanol–water partition coefficient (Wildman–Crippen LogP) is 2.06. The molecule has 5 nitrogen and oxygen atoms in total. The first-order valence-electron chi connectivity index (χ1n) is 5.75. The standard InChI is InChI=1S/C13H11ClN4O/c14-10-1-3-12(4-2-10)18-13(19)7-11(16-18)8-17-6-5-15-9-17/h1-7,9,16H,8H2. The van der Waals surface area contributed by atoms with Gasteiger partial charge in [0.25, 0.3) is 5.56 Å². The Balaban J connectivity index is 1.93. The number of H-pyrrole nitrogens is 1. The maximum atomic E-state index is 11.9. The van der Waals surface area contributed by atoms with Gasteiger partial charge in [0.2, 0.25) is 0 Å². The maximum absolute atomic E-state index is 11.9. The third-order valence-corrected chi connectivity index (χ3v) is 3.02. The number of hydrogen-bond acceptors (Lipinski definition) is 2. The van der Waals surface area contributed by atoms with Gasteiger partial charge in [0.05, 0.1) is 24.3 Å². The van der Waals surface area contributed by atoms with Crippen molar-refractivity contribution in [2.45, 2.75) is 6.54 Å². The average Bonchev–Trinajstić information content (AvgIpc) is 3.01. The van der Waals surface area contributed by atoms with Gasteiger partial charge < -0.3 is 4.57 Å². The van der Waals surface area contributed by atoms with E-state index >= 15 is 0 Å². The summed E-state index contributed by atoms with van der Waals surface area (Å²) in [5, 5.41) is 3.71. The fourth-order valence-electron chi connectivity index (χ4n) is 1.88. The zero-order valence-corrected chi connectivity index (χ0v) is 10.7. The zero-order chi connectivity index (χ0) is 13.2. The van der Waals surface area contributed by atoms with Crippen LogP contribution in [0, 0.1) is 0 Å². The van der Waals surface area contributed by atoms with E-state index in [1.807, 2.05) is 10.8 Å². The van der Waals surface area contributed by atoms with Gasteiger partial charge in [0.15, 0.2) is 0 Å². The molecule has 0 unspecified atom stereocenters. The van der Waals surface area contributed by atoms with E-state index in [1.165, 1.54) is 4.68 Å². The lowest BCUT2D eigenvalue weighted by molar-refractivity contribution is 0.740. The fourth-order valence-corrected chi connectivity index (χ4v) is 2.01. The van der Waals surface area contributed by atoms with Gasteiger partial charge in [0, 0.05) is 23.5 Å². The number of aromatic nitrogens is 4. The second-order valence-electron chi connectivity index (χ2n) is 4.17. The van der Waals surface area contributed by atoms with Crippen LogP contribution in [0.4, 0.5) is 0 Å². The van der Waals surface area contributed by atoms with Crippen molar-refractivity contribution in [3.63, 3.8) is 0 Å². The molecule has 2 aromatic heterocycles. The van der Waals surface area contributed by atoms with E-state index in [1.54, 1.807) is 42.9 Å². The van der Waals surface area contributed by atoms with Crippen LogP contribution in [-0.2, 0) is 6.54 Å². The molecule has 96 valence electrons. The highest BCUT2D eigenvalue weighted by molar-refractivity contribution is 6.30. The SMILES string of the molecule is O=c1cc(Cn2ccnc2)[nH]n1-c1ccc(Cl)cc1. The van der Waals surface area contributed by atoms with Crippen molar-refractivity contribution >= 4 is 11.6 Å². The molecule has 3 aromatic rings. The molecule has 0 aliphatic rings. The van der Waals surface area contributed by atoms with Crippen LogP contribution >= 0.6 is 11.6 Å². The summed E-state index contributed by atoms with van der Waals surface area (Å²) in [4.78, 5) is 15.9. The van der Waals surface area contributed by atoms with Crippen LogP contribution in [0.15, 0.2) is 53.8 Å². The molecule has 0 saturated carbocycles. The Bertz CT molecular complexity index is 725. The quantitative estimate of drug-likeness (QED) is 0.795. The van der Waals surface area contributed by atoms with E-state index < -0.39 is 0 Å². The van der Waals surface area contributed by atoms with Crippen LogP contribution in [0.5, 0.6) is 0 Å². The van der Waals surface area contributed by atoms with Crippen molar-refractivity contribution in [1.29, 1.82) is 0 Å². The summed E-state index contributed by atoms with van der Waals surface area (Å²) in [6, 6.07) is 8.66. The highest BCUT2D eigenvalue weighted by Gasteiger charge is 2.05. The molecule has 0 saturated heterocycles. The van der Waals surface area contributed by atoms with E-state index in [0.29, 0.717) is 11.6 Å². The van der Waals surface area contributed by atoms with Crippen molar-refractivity contribution in [3.8, 4) is 5.69 Å². The number of imidazole rings is 1. The zero-order valence-electron chi connectivity index (χ0n) is 9.95. The molecule has 0 spiro atoms. The molecule has 0 aliphatic heterocycles. The molecular formula is C13H11ClN4O. The number of aromatic amines is 1. The molecule has 1 N–H and O–H groups in total. The van der Waals surface area contributed by atoms with Gasteiger partial charge in [0.1, 0.15) is 0 Å². The Kier molecular flexibility index (Phi) is 2.97. The molecule has 0 fully saturated rings. The minimum Gasteiger partial charge on any atom is -0.332 e. The second kappa shape index (κ2) is 4.78. The summed E-state index contributed by atoms with van der Waals surface area (Å²) in [7, 11) is 0. The number of benzene rings is 1. The molecule has 3 rings (SSSR count). The molecule has 6 heteroatoms. The van der Waals surface area contributed by atoms with Gasteiger partial charge in [-0.3, -0.25) is 9.89 Å². The Hall–Kier alpha value is -2.27. The molecule has 0 aliphatic carbocycles. The summed E-state index contributed by atoms with van der Waals surface area (Å²) >= 11 is 5.83. The van der Waals surface area contributed by atoms with Gasteiger partial charge in [-0.1, -0.05) is 11.6 Å². The van der Waals surface area contributed by atoms with Crippen molar-refractivity contribution in [2.24, 2.45) is 0 Å². The van der Waals surface area contributed by atoms with Gasteiger partial charge in [-0.05, 0) is 24.3 Å². The van der Waals surface area contributed by atoms with Gasteiger partial charge in [-0.2, -0.15) is 0 Å². The summed E-state index contributed by atoms with van der Waals surface area (Å²) in [5.74, 6) is 0. The lowest BCUT2D eigenvalue weighted by Gasteiger charge is -2.02. The summed E-state index contributed by atoms with van der Waals surface area (Å²) in [6.45, 7) is 0.579. The number of rotatable bonds is 3. The lowest BCUT2D eigenvalue weighted by Crippen LogP contribution is -2.13. The number of nitrogens with zero attached hydrogens (tertiary/aromatic N) is 3. The first kappa shape index (κ1) is 11.8. The normalized spacial score (nSPS) is 10.8. The minimum absolute atomic E-state index is 0.0996. The molecule has 19 heavy (non-hydrogen) atoms. The van der Waals surface area contributed by atoms with E-state index in [-0.39, 0.29) is 5.56 Å². The molecule has 0 atom stereocenters.